The quantitative estimate of drug-likeness (QED) is 0.584. The zero-order valence-corrected chi connectivity index (χ0v) is 14.8. The molecule has 1 heterocycles. The minimum atomic E-state index is -0.0269. The predicted octanol–water partition coefficient (Wildman–Crippen LogP) is 4.63. The van der Waals surface area contributed by atoms with Crippen LogP contribution < -0.4 is 14.8 Å². The molecule has 3 aromatic rings. The van der Waals surface area contributed by atoms with Crippen molar-refractivity contribution in [1.29, 1.82) is 0 Å². The number of nitrogens with zero attached hydrogens (tertiary/aromatic N) is 1. The standard InChI is InChI=1S/C21H20N2O3/c1-23(2)12-11-20(24)22-16-13-19-21(15-8-4-3-7-14(15)16)26-18-10-6-5-9-17(18)25-19/h3-10,13H,11-12H2,1-2H3,(H,22,24). The molecule has 0 radical (unpaired) electrons. The fraction of sp³-hybridized carbons (Fsp3) is 0.190. The maximum Gasteiger partial charge on any atom is 0.225 e. The van der Waals surface area contributed by atoms with E-state index in [1.54, 1.807) is 0 Å². The van der Waals surface area contributed by atoms with E-state index in [9.17, 15) is 4.79 Å². The second kappa shape index (κ2) is 6.69. The van der Waals surface area contributed by atoms with Crippen LogP contribution in [0.1, 0.15) is 6.42 Å². The molecular formula is C21H20N2O3. The van der Waals surface area contributed by atoms with Crippen molar-refractivity contribution in [3.8, 4) is 23.0 Å². The normalized spacial score (nSPS) is 12.1. The summed E-state index contributed by atoms with van der Waals surface area (Å²) < 4.78 is 12.1. The van der Waals surface area contributed by atoms with Gasteiger partial charge in [-0.3, -0.25) is 4.79 Å². The maximum atomic E-state index is 12.3. The molecule has 1 N–H and O–H groups in total. The van der Waals surface area contributed by atoms with Crippen molar-refractivity contribution in [3.63, 3.8) is 0 Å². The van der Waals surface area contributed by atoms with Crippen LogP contribution >= 0.6 is 0 Å². The number of anilines is 1. The number of fused-ring (bicyclic) bond motifs is 4. The number of hydrogen-bond acceptors (Lipinski definition) is 4. The zero-order valence-electron chi connectivity index (χ0n) is 14.8. The molecule has 0 spiro atoms. The second-order valence-corrected chi connectivity index (χ2v) is 6.55. The number of benzene rings is 3. The van der Waals surface area contributed by atoms with Gasteiger partial charge in [-0.15, -0.1) is 0 Å². The number of nitrogens with one attached hydrogen (secondary N) is 1. The molecule has 0 fully saturated rings. The first-order valence-electron chi connectivity index (χ1n) is 8.57. The zero-order chi connectivity index (χ0) is 18.1. The highest BCUT2D eigenvalue weighted by atomic mass is 16.6. The lowest BCUT2D eigenvalue weighted by Gasteiger charge is -2.23. The summed E-state index contributed by atoms with van der Waals surface area (Å²) >= 11 is 0. The van der Waals surface area contributed by atoms with E-state index < -0.39 is 0 Å². The van der Waals surface area contributed by atoms with Crippen LogP contribution in [-0.2, 0) is 4.79 Å². The van der Waals surface area contributed by atoms with Crippen molar-refractivity contribution >= 4 is 22.4 Å². The molecule has 5 nitrogen and oxygen atoms in total. The monoisotopic (exact) mass is 348 g/mol. The molecule has 26 heavy (non-hydrogen) atoms. The molecule has 0 unspecified atom stereocenters. The second-order valence-electron chi connectivity index (χ2n) is 6.55. The highest BCUT2D eigenvalue weighted by Gasteiger charge is 2.23. The Balaban J connectivity index is 1.73. The van der Waals surface area contributed by atoms with Crippen LogP contribution in [0.4, 0.5) is 5.69 Å². The first kappa shape index (κ1) is 16.4. The third-order valence-electron chi connectivity index (χ3n) is 4.30. The summed E-state index contributed by atoms with van der Waals surface area (Å²) in [5, 5.41) is 4.84. The van der Waals surface area contributed by atoms with Crippen LogP contribution in [0.3, 0.4) is 0 Å². The summed E-state index contributed by atoms with van der Waals surface area (Å²) in [5.41, 5.74) is 0.728. The molecule has 0 aromatic heterocycles. The molecule has 132 valence electrons. The molecule has 3 aromatic carbocycles. The van der Waals surface area contributed by atoms with E-state index in [-0.39, 0.29) is 5.91 Å². The number of para-hydroxylation sites is 2. The Morgan fingerprint density at radius 3 is 2.31 bits per heavy atom. The van der Waals surface area contributed by atoms with Crippen LogP contribution in [0.15, 0.2) is 54.6 Å². The summed E-state index contributed by atoms with van der Waals surface area (Å²) in [6.45, 7) is 0.696. The van der Waals surface area contributed by atoms with E-state index in [4.69, 9.17) is 9.47 Å². The Bertz CT molecular complexity index is 982. The lowest BCUT2D eigenvalue weighted by atomic mass is 10.1. The van der Waals surface area contributed by atoms with E-state index in [0.717, 1.165) is 16.5 Å². The van der Waals surface area contributed by atoms with Crippen molar-refractivity contribution in [2.75, 3.05) is 26.0 Å². The highest BCUT2D eigenvalue weighted by Crippen LogP contribution is 2.50. The number of amides is 1. The van der Waals surface area contributed by atoms with Gasteiger partial charge in [-0.2, -0.15) is 0 Å². The van der Waals surface area contributed by atoms with Crippen LogP contribution in [0.2, 0.25) is 0 Å². The van der Waals surface area contributed by atoms with Crippen LogP contribution in [0.5, 0.6) is 23.0 Å². The van der Waals surface area contributed by atoms with Crippen molar-refractivity contribution < 1.29 is 14.3 Å². The van der Waals surface area contributed by atoms with Gasteiger partial charge in [0.1, 0.15) is 0 Å². The number of carbonyl (C=O) groups is 1. The average Bonchev–Trinajstić information content (AvgIpc) is 2.65. The van der Waals surface area contributed by atoms with Gasteiger partial charge < -0.3 is 19.7 Å². The lowest BCUT2D eigenvalue weighted by molar-refractivity contribution is -0.116. The van der Waals surface area contributed by atoms with Gasteiger partial charge in [0.05, 0.1) is 5.69 Å². The Hall–Kier alpha value is -3.05. The van der Waals surface area contributed by atoms with Crippen LogP contribution in [0, 0.1) is 0 Å². The summed E-state index contributed by atoms with van der Waals surface area (Å²) in [7, 11) is 3.90. The number of hydrogen-bond donors (Lipinski definition) is 1. The molecule has 0 saturated heterocycles. The fourth-order valence-electron chi connectivity index (χ4n) is 2.99. The lowest BCUT2D eigenvalue weighted by Crippen LogP contribution is -2.21. The molecule has 4 rings (SSSR count). The van der Waals surface area contributed by atoms with E-state index in [2.05, 4.69) is 5.32 Å². The minimum absolute atomic E-state index is 0.0269. The third kappa shape index (κ3) is 3.09. The summed E-state index contributed by atoms with van der Waals surface area (Å²) in [6, 6.07) is 17.2. The Morgan fingerprint density at radius 1 is 0.923 bits per heavy atom. The molecule has 0 atom stereocenters. The van der Waals surface area contributed by atoms with Crippen LogP contribution in [-0.4, -0.2) is 31.4 Å². The Labute approximate surface area is 152 Å². The predicted molar refractivity (Wildman–Crippen MR) is 102 cm³/mol. The van der Waals surface area contributed by atoms with Gasteiger partial charge in [-0.05, 0) is 26.2 Å². The minimum Gasteiger partial charge on any atom is -0.449 e. The SMILES string of the molecule is CN(C)CCC(=O)Nc1cc2c(c3ccccc13)Oc1ccccc1O2. The molecule has 1 aliphatic rings. The summed E-state index contributed by atoms with van der Waals surface area (Å²) in [6.07, 6.45) is 0.429. The molecular weight excluding hydrogens is 328 g/mol. The Kier molecular flexibility index (Phi) is 4.22. The maximum absolute atomic E-state index is 12.3. The molecule has 0 aliphatic carbocycles. The number of carbonyl (C=O) groups excluding carboxylic acids is 1. The molecule has 1 aliphatic heterocycles. The first-order chi connectivity index (χ1) is 12.6. The fourth-order valence-corrected chi connectivity index (χ4v) is 2.99. The van der Waals surface area contributed by atoms with Gasteiger partial charge in [0.25, 0.3) is 0 Å². The van der Waals surface area contributed by atoms with E-state index in [1.165, 1.54) is 0 Å². The smallest absolute Gasteiger partial charge is 0.225 e. The van der Waals surface area contributed by atoms with E-state index in [0.29, 0.717) is 36.0 Å². The first-order valence-corrected chi connectivity index (χ1v) is 8.57. The van der Waals surface area contributed by atoms with Gasteiger partial charge in [0, 0.05) is 29.8 Å². The third-order valence-corrected chi connectivity index (χ3v) is 4.30. The molecule has 0 saturated carbocycles. The highest BCUT2D eigenvalue weighted by molar-refractivity contribution is 6.06. The van der Waals surface area contributed by atoms with E-state index in [1.807, 2.05) is 73.6 Å². The van der Waals surface area contributed by atoms with Gasteiger partial charge in [-0.1, -0.05) is 36.4 Å². The summed E-state index contributed by atoms with van der Waals surface area (Å²) in [4.78, 5) is 14.3. The van der Waals surface area contributed by atoms with Crippen molar-refractivity contribution in [1.82, 2.24) is 4.90 Å². The van der Waals surface area contributed by atoms with Gasteiger partial charge in [-0.25, -0.2) is 0 Å². The summed E-state index contributed by atoms with van der Waals surface area (Å²) in [5.74, 6) is 2.60. The molecule has 5 heteroatoms. The van der Waals surface area contributed by atoms with Gasteiger partial charge in [0.15, 0.2) is 23.0 Å². The van der Waals surface area contributed by atoms with Gasteiger partial charge >= 0.3 is 0 Å². The van der Waals surface area contributed by atoms with Crippen molar-refractivity contribution in [2.45, 2.75) is 6.42 Å². The average molecular weight is 348 g/mol. The number of rotatable bonds is 4. The van der Waals surface area contributed by atoms with Gasteiger partial charge in [0.2, 0.25) is 5.91 Å². The number of ether oxygens (including phenoxy) is 2. The Morgan fingerprint density at radius 2 is 1.58 bits per heavy atom. The molecule has 0 bridgehead atoms. The van der Waals surface area contributed by atoms with Crippen molar-refractivity contribution in [3.05, 3.63) is 54.6 Å². The topological polar surface area (TPSA) is 50.8 Å². The largest absolute Gasteiger partial charge is 0.449 e. The van der Waals surface area contributed by atoms with E-state index >= 15 is 0 Å². The van der Waals surface area contributed by atoms with Crippen LogP contribution in [0.25, 0.3) is 10.8 Å². The molecule has 1 amide bonds. The van der Waals surface area contributed by atoms with Crippen molar-refractivity contribution in [2.24, 2.45) is 0 Å².